The van der Waals surface area contributed by atoms with Crippen molar-refractivity contribution < 1.29 is 5.11 Å². The summed E-state index contributed by atoms with van der Waals surface area (Å²) in [5.74, 6) is 0. The van der Waals surface area contributed by atoms with Gasteiger partial charge in [-0.3, -0.25) is 4.98 Å². The first-order valence-electron chi connectivity index (χ1n) is 4.99. The van der Waals surface area contributed by atoms with Gasteiger partial charge in [-0.05, 0) is 24.0 Å². The first kappa shape index (κ1) is 11.2. The zero-order chi connectivity index (χ0) is 10.8. The van der Waals surface area contributed by atoms with Gasteiger partial charge in [0.2, 0.25) is 0 Å². The molecule has 78 valence electrons. The monoisotopic (exact) mass is 193 g/mol. The van der Waals surface area contributed by atoms with Crippen LogP contribution in [0.3, 0.4) is 0 Å². The molecule has 0 fully saturated rings. The van der Waals surface area contributed by atoms with Gasteiger partial charge in [-0.2, -0.15) is 0 Å². The molecule has 0 spiro atoms. The maximum Gasteiger partial charge on any atom is 0.0643 e. The van der Waals surface area contributed by atoms with E-state index in [4.69, 9.17) is 0 Å². The predicted octanol–water partition coefficient (Wildman–Crippen LogP) is 2.34. The Morgan fingerprint density at radius 3 is 2.43 bits per heavy atom. The van der Waals surface area contributed by atoms with Crippen molar-refractivity contribution in [1.82, 2.24) is 4.98 Å². The first-order chi connectivity index (χ1) is 6.39. The quantitative estimate of drug-likeness (QED) is 0.782. The molecular weight excluding hydrogens is 174 g/mol. The molecular formula is C12H19NO. The average Bonchev–Trinajstić information content (AvgIpc) is 2.07. The third-order valence-corrected chi connectivity index (χ3v) is 2.37. The largest absolute Gasteiger partial charge is 0.392 e. The lowest BCUT2D eigenvalue weighted by Crippen LogP contribution is -2.28. The Labute approximate surface area is 86.0 Å². The van der Waals surface area contributed by atoms with Crippen molar-refractivity contribution in [3.8, 4) is 0 Å². The molecule has 1 heterocycles. The number of aryl methyl sites for hydroxylation is 1. The van der Waals surface area contributed by atoms with E-state index in [1.807, 2.05) is 46.0 Å². The van der Waals surface area contributed by atoms with Gasteiger partial charge in [-0.15, -0.1) is 0 Å². The van der Waals surface area contributed by atoms with E-state index in [9.17, 15) is 5.11 Å². The van der Waals surface area contributed by atoms with E-state index < -0.39 is 0 Å². The molecule has 2 nitrogen and oxygen atoms in total. The second-order valence-electron chi connectivity index (χ2n) is 4.91. The van der Waals surface area contributed by atoms with Crippen LogP contribution < -0.4 is 0 Å². The minimum atomic E-state index is -0.335. The number of aliphatic hydroxyl groups excluding tert-OH is 1. The summed E-state index contributed by atoms with van der Waals surface area (Å²) in [4.78, 5) is 4.27. The van der Waals surface area contributed by atoms with Gasteiger partial charge in [0.25, 0.3) is 0 Å². The second-order valence-corrected chi connectivity index (χ2v) is 4.91. The topological polar surface area (TPSA) is 33.1 Å². The van der Waals surface area contributed by atoms with Gasteiger partial charge in [-0.25, -0.2) is 0 Å². The van der Waals surface area contributed by atoms with Gasteiger partial charge < -0.3 is 5.11 Å². The molecule has 0 aliphatic heterocycles. The third-order valence-electron chi connectivity index (χ3n) is 2.37. The number of rotatable bonds is 2. The van der Waals surface area contributed by atoms with E-state index in [0.29, 0.717) is 6.42 Å². The van der Waals surface area contributed by atoms with Gasteiger partial charge >= 0.3 is 0 Å². The highest BCUT2D eigenvalue weighted by molar-refractivity contribution is 5.13. The number of aromatic nitrogens is 1. The highest BCUT2D eigenvalue weighted by atomic mass is 16.3. The van der Waals surface area contributed by atoms with Crippen molar-refractivity contribution in [2.75, 3.05) is 0 Å². The maximum absolute atomic E-state index is 9.87. The van der Waals surface area contributed by atoms with E-state index in [2.05, 4.69) is 4.98 Å². The van der Waals surface area contributed by atoms with Gasteiger partial charge in [-0.1, -0.05) is 26.8 Å². The molecule has 1 N–H and O–H groups in total. The summed E-state index contributed by atoms with van der Waals surface area (Å²) in [5.41, 5.74) is 2.03. The SMILES string of the molecule is Cc1ccc(CC(O)C(C)(C)C)nc1. The van der Waals surface area contributed by atoms with E-state index >= 15 is 0 Å². The van der Waals surface area contributed by atoms with Crippen LogP contribution in [0.1, 0.15) is 32.0 Å². The molecule has 0 saturated carbocycles. The van der Waals surface area contributed by atoms with E-state index in [1.54, 1.807) is 0 Å². The van der Waals surface area contributed by atoms with Crippen LogP contribution in [0.25, 0.3) is 0 Å². The maximum atomic E-state index is 9.87. The molecule has 0 saturated heterocycles. The molecule has 0 amide bonds. The molecule has 1 aromatic heterocycles. The van der Waals surface area contributed by atoms with Gasteiger partial charge in [0.15, 0.2) is 0 Å². The lowest BCUT2D eigenvalue weighted by Gasteiger charge is -2.25. The van der Waals surface area contributed by atoms with Crippen LogP contribution in [0.4, 0.5) is 0 Å². The minimum absolute atomic E-state index is 0.0768. The van der Waals surface area contributed by atoms with Crippen molar-refractivity contribution >= 4 is 0 Å². The van der Waals surface area contributed by atoms with Gasteiger partial charge in [0, 0.05) is 18.3 Å². The zero-order valence-electron chi connectivity index (χ0n) is 9.41. The van der Waals surface area contributed by atoms with Crippen molar-refractivity contribution in [3.63, 3.8) is 0 Å². The Bertz CT molecular complexity index is 284. The van der Waals surface area contributed by atoms with E-state index in [-0.39, 0.29) is 11.5 Å². The van der Waals surface area contributed by atoms with Crippen LogP contribution in [-0.2, 0) is 6.42 Å². The Kier molecular flexibility index (Phi) is 3.27. The fourth-order valence-electron chi connectivity index (χ4n) is 1.12. The van der Waals surface area contributed by atoms with Gasteiger partial charge in [0.05, 0.1) is 6.10 Å². The zero-order valence-corrected chi connectivity index (χ0v) is 9.41. The number of pyridine rings is 1. The molecule has 0 aliphatic carbocycles. The number of hydrogen-bond donors (Lipinski definition) is 1. The van der Waals surface area contributed by atoms with Crippen LogP contribution in [-0.4, -0.2) is 16.2 Å². The van der Waals surface area contributed by atoms with Crippen molar-refractivity contribution in [2.45, 2.75) is 40.2 Å². The normalized spacial score (nSPS) is 14.1. The highest BCUT2D eigenvalue weighted by Crippen LogP contribution is 2.21. The molecule has 1 atom stereocenters. The minimum Gasteiger partial charge on any atom is -0.392 e. The van der Waals surface area contributed by atoms with Crippen molar-refractivity contribution in [3.05, 3.63) is 29.6 Å². The molecule has 1 aromatic rings. The van der Waals surface area contributed by atoms with Crippen LogP contribution >= 0.6 is 0 Å². The average molecular weight is 193 g/mol. The third kappa shape index (κ3) is 3.11. The summed E-state index contributed by atoms with van der Waals surface area (Å²) in [6.07, 6.45) is 2.13. The Balaban J connectivity index is 2.65. The van der Waals surface area contributed by atoms with Crippen molar-refractivity contribution in [2.24, 2.45) is 5.41 Å². The number of hydrogen-bond acceptors (Lipinski definition) is 2. The summed E-state index contributed by atoms with van der Waals surface area (Å²) < 4.78 is 0. The summed E-state index contributed by atoms with van der Waals surface area (Å²) in [6, 6.07) is 4.00. The van der Waals surface area contributed by atoms with Crippen LogP contribution in [0.15, 0.2) is 18.3 Å². The summed E-state index contributed by atoms with van der Waals surface area (Å²) in [6.45, 7) is 8.11. The fraction of sp³-hybridized carbons (Fsp3) is 0.583. The predicted molar refractivity (Wildman–Crippen MR) is 58.1 cm³/mol. The number of aliphatic hydroxyl groups is 1. The molecule has 2 heteroatoms. The Morgan fingerprint density at radius 2 is 2.00 bits per heavy atom. The molecule has 1 unspecified atom stereocenters. The molecule has 0 bridgehead atoms. The summed E-state index contributed by atoms with van der Waals surface area (Å²) in [5, 5.41) is 9.87. The van der Waals surface area contributed by atoms with Gasteiger partial charge in [0.1, 0.15) is 0 Å². The number of nitrogens with zero attached hydrogens (tertiary/aromatic N) is 1. The van der Waals surface area contributed by atoms with Crippen LogP contribution in [0.5, 0.6) is 0 Å². The molecule has 0 radical (unpaired) electrons. The fourth-order valence-corrected chi connectivity index (χ4v) is 1.12. The Hall–Kier alpha value is -0.890. The first-order valence-corrected chi connectivity index (χ1v) is 4.99. The molecule has 0 aromatic carbocycles. The standard InChI is InChI=1S/C12H19NO/c1-9-5-6-10(13-8-9)7-11(14)12(2,3)4/h5-6,8,11,14H,7H2,1-4H3. The summed E-state index contributed by atoms with van der Waals surface area (Å²) >= 11 is 0. The van der Waals surface area contributed by atoms with Crippen LogP contribution in [0, 0.1) is 12.3 Å². The lowest BCUT2D eigenvalue weighted by molar-refractivity contribution is 0.0628. The summed E-state index contributed by atoms with van der Waals surface area (Å²) in [7, 11) is 0. The lowest BCUT2D eigenvalue weighted by atomic mass is 9.86. The smallest absolute Gasteiger partial charge is 0.0643 e. The Morgan fingerprint density at radius 1 is 1.36 bits per heavy atom. The molecule has 0 aliphatic rings. The molecule has 1 rings (SSSR count). The van der Waals surface area contributed by atoms with Crippen LogP contribution in [0.2, 0.25) is 0 Å². The van der Waals surface area contributed by atoms with Crippen molar-refractivity contribution in [1.29, 1.82) is 0 Å². The van der Waals surface area contributed by atoms with E-state index in [0.717, 1.165) is 11.3 Å². The molecule has 14 heavy (non-hydrogen) atoms. The second kappa shape index (κ2) is 4.09. The van der Waals surface area contributed by atoms with E-state index in [1.165, 1.54) is 0 Å². The highest BCUT2D eigenvalue weighted by Gasteiger charge is 2.22.